The van der Waals surface area contributed by atoms with Gasteiger partial charge in [0.25, 0.3) is 5.91 Å². The van der Waals surface area contributed by atoms with Crippen LogP contribution in [0.3, 0.4) is 0 Å². The van der Waals surface area contributed by atoms with E-state index in [1.165, 1.54) is 13.1 Å². The molecule has 0 aromatic heterocycles. The molecule has 0 saturated heterocycles. The Morgan fingerprint density at radius 2 is 2.00 bits per heavy atom. The van der Waals surface area contributed by atoms with Gasteiger partial charge in [0.05, 0.1) is 16.1 Å². The van der Waals surface area contributed by atoms with Gasteiger partial charge in [-0.3, -0.25) is 9.59 Å². The van der Waals surface area contributed by atoms with Crippen LogP contribution >= 0.6 is 11.6 Å². The van der Waals surface area contributed by atoms with Crippen molar-refractivity contribution in [2.75, 3.05) is 18.9 Å². The molecule has 0 bridgehead atoms. The molecule has 1 rings (SSSR count). The van der Waals surface area contributed by atoms with E-state index in [0.29, 0.717) is 16.3 Å². The third-order valence-corrected chi connectivity index (χ3v) is 3.16. The maximum atomic E-state index is 12.0. The summed E-state index contributed by atoms with van der Waals surface area (Å²) in [5.74, 6) is -0.490. The smallest absolute Gasteiger partial charge is 0.251 e. The lowest BCUT2D eigenvalue weighted by molar-refractivity contribution is -0.123. The minimum absolute atomic E-state index is 0.214. The van der Waals surface area contributed by atoms with Crippen molar-refractivity contribution in [3.8, 4) is 0 Å². The Morgan fingerprint density at radius 1 is 1.37 bits per heavy atom. The number of rotatable bonds is 4. The normalized spacial score (nSPS) is 11.0. The minimum atomic E-state index is -0.702. The fraction of sp³-hybridized carbons (Fsp3) is 0.385. The van der Waals surface area contributed by atoms with Crippen molar-refractivity contribution in [1.82, 2.24) is 5.32 Å². The Bertz CT molecular complexity index is 501. The summed E-state index contributed by atoms with van der Waals surface area (Å²) in [5, 5.41) is 5.57. The monoisotopic (exact) mass is 283 g/mol. The van der Waals surface area contributed by atoms with Crippen molar-refractivity contribution in [3.63, 3.8) is 0 Å². The van der Waals surface area contributed by atoms with Crippen LogP contribution in [0.5, 0.6) is 0 Å². The zero-order valence-electron chi connectivity index (χ0n) is 11.2. The summed E-state index contributed by atoms with van der Waals surface area (Å²) in [6.45, 7) is 3.68. The Hall–Kier alpha value is -1.59. The first-order chi connectivity index (χ1) is 8.81. The van der Waals surface area contributed by atoms with Gasteiger partial charge in [0.15, 0.2) is 0 Å². The minimum Gasteiger partial charge on any atom is -0.355 e. The maximum Gasteiger partial charge on any atom is 0.251 e. The van der Waals surface area contributed by atoms with Gasteiger partial charge in [-0.2, -0.15) is 0 Å². The number of carbonyl (C=O) groups excluding carboxylic acids is 2. The Balaban J connectivity index is 3.01. The maximum absolute atomic E-state index is 12.0. The average molecular weight is 284 g/mol. The number of halogens is 1. The molecule has 0 spiro atoms. The Labute approximate surface area is 117 Å². The Morgan fingerprint density at radius 3 is 2.53 bits per heavy atom. The van der Waals surface area contributed by atoms with E-state index >= 15 is 0 Å². The molecule has 4 N–H and O–H groups in total. The molecule has 1 aromatic rings. The van der Waals surface area contributed by atoms with E-state index in [-0.39, 0.29) is 18.4 Å². The van der Waals surface area contributed by atoms with Crippen LogP contribution in [-0.2, 0) is 4.79 Å². The van der Waals surface area contributed by atoms with Crippen molar-refractivity contribution < 1.29 is 9.59 Å². The van der Waals surface area contributed by atoms with Crippen LogP contribution in [0.1, 0.15) is 24.2 Å². The first-order valence-corrected chi connectivity index (χ1v) is 6.23. The van der Waals surface area contributed by atoms with Crippen LogP contribution in [0.25, 0.3) is 0 Å². The number of hydrogen-bond donors (Lipinski definition) is 3. The molecule has 5 nitrogen and oxygen atoms in total. The number of benzene rings is 1. The molecule has 0 saturated carbocycles. The molecule has 0 unspecified atom stereocenters. The lowest BCUT2D eigenvalue weighted by Gasteiger charge is -2.21. The van der Waals surface area contributed by atoms with Crippen LogP contribution < -0.4 is 16.4 Å². The number of amides is 2. The van der Waals surface area contributed by atoms with Crippen LogP contribution in [0.4, 0.5) is 5.69 Å². The predicted molar refractivity (Wildman–Crippen MR) is 76.3 cm³/mol. The second kappa shape index (κ2) is 6.04. The summed E-state index contributed by atoms with van der Waals surface area (Å²) in [5.41, 5.74) is 5.66. The second-order valence-corrected chi connectivity index (χ2v) is 5.22. The Kier molecular flexibility index (Phi) is 4.91. The molecule has 2 amide bonds. The summed E-state index contributed by atoms with van der Waals surface area (Å²) in [6.07, 6.45) is 0. The molecule has 0 fully saturated rings. The molecule has 0 radical (unpaired) electrons. The molecule has 0 aliphatic rings. The van der Waals surface area contributed by atoms with Gasteiger partial charge in [0, 0.05) is 19.2 Å². The van der Waals surface area contributed by atoms with Gasteiger partial charge < -0.3 is 16.4 Å². The molecule has 0 aliphatic carbocycles. The highest BCUT2D eigenvalue weighted by atomic mass is 35.5. The van der Waals surface area contributed by atoms with Gasteiger partial charge in [0.1, 0.15) is 0 Å². The van der Waals surface area contributed by atoms with Crippen molar-refractivity contribution in [3.05, 3.63) is 28.8 Å². The summed E-state index contributed by atoms with van der Waals surface area (Å²) < 4.78 is 0. The number of carbonyl (C=O) groups is 2. The zero-order valence-corrected chi connectivity index (χ0v) is 12.0. The average Bonchev–Trinajstić information content (AvgIpc) is 2.40. The fourth-order valence-corrected chi connectivity index (χ4v) is 1.46. The van der Waals surface area contributed by atoms with Gasteiger partial charge in [-0.05, 0) is 32.0 Å². The van der Waals surface area contributed by atoms with Crippen LogP contribution in [0.15, 0.2) is 18.2 Å². The first kappa shape index (κ1) is 15.5. The van der Waals surface area contributed by atoms with Gasteiger partial charge in [-0.25, -0.2) is 0 Å². The largest absolute Gasteiger partial charge is 0.355 e. The summed E-state index contributed by atoms with van der Waals surface area (Å²) in [6, 6.07) is 4.69. The number of anilines is 1. The molecular weight excluding hydrogens is 266 g/mol. The summed E-state index contributed by atoms with van der Waals surface area (Å²) in [4.78, 5) is 23.5. The van der Waals surface area contributed by atoms with E-state index < -0.39 is 5.41 Å². The molecule has 1 aromatic carbocycles. The van der Waals surface area contributed by atoms with E-state index in [1.54, 1.807) is 26.0 Å². The van der Waals surface area contributed by atoms with Gasteiger partial charge >= 0.3 is 0 Å². The highest BCUT2D eigenvalue weighted by Crippen LogP contribution is 2.25. The molecule has 19 heavy (non-hydrogen) atoms. The summed E-state index contributed by atoms with van der Waals surface area (Å²) in [7, 11) is 1.53. The highest BCUT2D eigenvalue weighted by molar-refractivity contribution is 6.34. The van der Waals surface area contributed by atoms with Gasteiger partial charge in [-0.15, -0.1) is 0 Å². The number of hydrogen-bond acceptors (Lipinski definition) is 3. The van der Waals surface area contributed by atoms with E-state index in [1.807, 2.05) is 0 Å². The lowest BCUT2D eigenvalue weighted by atomic mass is 9.92. The van der Waals surface area contributed by atoms with Crippen molar-refractivity contribution >= 4 is 29.1 Å². The standard InChI is InChI=1S/C13H18ClN3O2/c1-13(2,7-15)12(19)17-10-6-8(11(18)16-3)4-5-9(10)14/h4-6H,7,15H2,1-3H3,(H,16,18)(H,17,19). The van der Waals surface area contributed by atoms with Crippen molar-refractivity contribution in [2.24, 2.45) is 11.1 Å². The molecule has 104 valence electrons. The highest BCUT2D eigenvalue weighted by Gasteiger charge is 2.26. The van der Waals surface area contributed by atoms with Crippen molar-refractivity contribution in [1.29, 1.82) is 0 Å². The number of nitrogens with two attached hydrogens (primary N) is 1. The molecule has 0 aliphatic heterocycles. The number of nitrogens with one attached hydrogen (secondary N) is 2. The van der Waals surface area contributed by atoms with Crippen LogP contribution in [-0.4, -0.2) is 25.4 Å². The molecule has 6 heteroatoms. The second-order valence-electron chi connectivity index (χ2n) is 4.82. The first-order valence-electron chi connectivity index (χ1n) is 5.85. The van der Waals surface area contributed by atoms with E-state index in [2.05, 4.69) is 10.6 Å². The van der Waals surface area contributed by atoms with Crippen LogP contribution in [0, 0.1) is 5.41 Å². The van der Waals surface area contributed by atoms with E-state index in [0.717, 1.165) is 0 Å². The molecule has 0 heterocycles. The predicted octanol–water partition coefficient (Wildman–Crippen LogP) is 1.62. The van der Waals surface area contributed by atoms with Gasteiger partial charge in [-0.1, -0.05) is 11.6 Å². The van der Waals surface area contributed by atoms with E-state index in [9.17, 15) is 9.59 Å². The quantitative estimate of drug-likeness (QED) is 0.785. The lowest BCUT2D eigenvalue weighted by Crippen LogP contribution is -2.37. The summed E-state index contributed by atoms with van der Waals surface area (Å²) >= 11 is 6.00. The van der Waals surface area contributed by atoms with Gasteiger partial charge in [0.2, 0.25) is 5.91 Å². The third kappa shape index (κ3) is 3.68. The topological polar surface area (TPSA) is 84.2 Å². The van der Waals surface area contributed by atoms with E-state index in [4.69, 9.17) is 17.3 Å². The van der Waals surface area contributed by atoms with Crippen LogP contribution in [0.2, 0.25) is 5.02 Å². The molecular formula is C13H18ClN3O2. The SMILES string of the molecule is CNC(=O)c1ccc(Cl)c(NC(=O)C(C)(C)CN)c1. The zero-order chi connectivity index (χ0) is 14.6. The molecule has 0 atom stereocenters. The van der Waals surface area contributed by atoms with Crippen molar-refractivity contribution in [2.45, 2.75) is 13.8 Å². The fourth-order valence-electron chi connectivity index (χ4n) is 1.29. The third-order valence-electron chi connectivity index (χ3n) is 2.83.